The number of methoxy groups -OCH3 is 2. The number of aryl methyl sites for hydroxylation is 1. The van der Waals surface area contributed by atoms with Gasteiger partial charge in [0.05, 0.1) is 36.4 Å². The van der Waals surface area contributed by atoms with E-state index in [1.165, 1.54) is 11.8 Å². The summed E-state index contributed by atoms with van der Waals surface area (Å²) in [5.74, 6) is 2.94. The van der Waals surface area contributed by atoms with Crippen LogP contribution in [0.15, 0.2) is 56.8 Å². The highest BCUT2D eigenvalue weighted by atomic mass is 32.2. The zero-order chi connectivity index (χ0) is 23.7. The minimum absolute atomic E-state index is 0.0404. The van der Waals surface area contributed by atoms with Crippen molar-refractivity contribution in [3.05, 3.63) is 64.3 Å². The molecule has 1 aliphatic rings. The number of benzene rings is 2. The maximum atomic E-state index is 13.4. The van der Waals surface area contributed by atoms with Crippen molar-refractivity contribution in [3.8, 4) is 23.0 Å². The topological polar surface area (TPSA) is 79.4 Å². The SMILES string of the molecule is COc1cccc(-c2nc(CSc3nc4ccccc4c(=O)n3C3CCCC3)c(C)o2)c1OC. The van der Waals surface area contributed by atoms with Crippen molar-refractivity contribution in [3.63, 3.8) is 0 Å². The highest BCUT2D eigenvalue weighted by Crippen LogP contribution is 2.39. The number of hydrogen-bond acceptors (Lipinski definition) is 7. The standard InChI is InChI=1S/C26H27N3O4S/c1-16-21(27-24(33-16)19-12-8-14-22(31-2)23(19)32-3)15-34-26-28-20-13-7-6-11-18(20)25(30)29(26)17-9-4-5-10-17/h6-8,11-14,17H,4-5,9-10,15H2,1-3H3. The third-order valence-corrected chi connectivity index (χ3v) is 7.29. The van der Waals surface area contributed by atoms with E-state index in [-0.39, 0.29) is 11.6 Å². The Labute approximate surface area is 202 Å². The van der Waals surface area contributed by atoms with Crippen molar-refractivity contribution in [1.82, 2.24) is 14.5 Å². The molecule has 2 aromatic heterocycles. The highest BCUT2D eigenvalue weighted by molar-refractivity contribution is 7.98. The lowest BCUT2D eigenvalue weighted by Crippen LogP contribution is -2.26. The molecule has 5 rings (SSSR count). The summed E-state index contributed by atoms with van der Waals surface area (Å²) in [4.78, 5) is 23.0. The summed E-state index contributed by atoms with van der Waals surface area (Å²) in [6.07, 6.45) is 4.30. The number of ether oxygens (including phenoxy) is 2. The van der Waals surface area contributed by atoms with Crippen molar-refractivity contribution < 1.29 is 13.9 Å². The second-order valence-electron chi connectivity index (χ2n) is 8.38. The lowest BCUT2D eigenvalue weighted by Gasteiger charge is -2.18. The first-order chi connectivity index (χ1) is 16.6. The lowest BCUT2D eigenvalue weighted by molar-refractivity contribution is 0.355. The van der Waals surface area contributed by atoms with Gasteiger partial charge in [-0.05, 0) is 44.0 Å². The van der Waals surface area contributed by atoms with Gasteiger partial charge in [0.25, 0.3) is 5.56 Å². The molecule has 2 aromatic carbocycles. The molecule has 0 radical (unpaired) electrons. The van der Waals surface area contributed by atoms with Crippen LogP contribution in [-0.2, 0) is 5.75 Å². The Morgan fingerprint density at radius 2 is 1.85 bits per heavy atom. The minimum Gasteiger partial charge on any atom is -0.493 e. The number of oxazole rings is 1. The van der Waals surface area contributed by atoms with Gasteiger partial charge in [0, 0.05) is 11.8 Å². The Kier molecular flexibility index (Phi) is 6.32. The molecule has 0 saturated heterocycles. The minimum atomic E-state index is 0.0404. The lowest BCUT2D eigenvalue weighted by atomic mass is 10.2. The molecule has 0 atom stereocenters. The molecule has 1 saturated carbocycles. The van der Waals surface area contributed by atoms with Gasteiger partial charge in [-0.1, -0.05) is 42.8 Å². The Balaban J connectivity index is 1.49. The van der Waals surface area contributed by atoms with E-state index in [1.807, 2.05) is 54.0 Å². The normalized spacial score (nSPS) is 14.1. The maximum absolute atomic E-state index is 13.4. The van der Waals surface area contributed by atoms with Crippen LogP contribution in [-0.4, -0.2) is 28.8 Å². The van der Waals surface area contributed by atoms with Crippen molar-refractivity contribution in [2.24, 2.45) is 0 Å². The third-order valence-electron chi connectivity index (χ3n) is 6.33. The summed E-state index contributed by atoms with van der Waals surface area (Å²) < 4.78 is 18.9. The molecule has 8 heteroatoms. The van der Waals surface area contributed by atoms with Gasteiger partial charge in [0.2, 0.25) is 5.89 Å². The van der Waals surface area contributed by atoms with Crippen LogP contribution in [0.5, 0.6) is 11.5 Å². The molecule has 0 aliphatic heterocycles. The van der Waals surface area contributed by atoms with Crippen LogP contribution in [0, 0.1) is 6.92 Å². The molecule has 1 aliphatic carbocycles. The largest absolute Gasteiger partial charge is 0.493 e. The van der Waals surface area contributed by atoms with Crippen LogP contribution < -0.4 is 15.0 Å². The molecule has 0 N–H and O–H groups in total. The molecule has 4 aromatic rings. The average Bonchev–Trinajstić information content (AvgIpc) is 3.52. The Morgan fingerprint density at radius 1 is 1.06 bits per heavy atom. The molecule has 176 valence electrons. The zero-order valence-corrected chi connectivity index (χ0v) is 20.4. The number of nitrogens with zero attached hydrogens (tertiary/aromatic N) is 3. The third kappa shape index (κ3) is 4.07. The van der Waals surface area contributed by atoms with Crippen molar-refractivity contribution in [2.45, 2.75) is 49.6 Å². The van der Waals surface area contributed by atoms with Crippen LogP contribution >= 0.6 is 11.8 Å². The van der Waals surface area contributed by atoms with Gasteiger partial charge in [-0.2, -0.15) is 0 Å². The molecule has 0 amide bonds. The quantitative estimate of drug-likeness (QED) is 0.246. The van der Waals surface area contributed by atoms with Crippen LogP contribution in [0.3, 0.4) is 0 Å². The second kappa shape index (κ2) is 9.54. The van der Waals surface area contributed by atoms with E-state index in [4.69, 9.17) is 23.9 Å². The van der Waals surface area contributed by atoms with Gasteiger partial charge in [0.1, 0.15) is 5.76 Å². The van der Waals surface area contributed by atoms with Crippen molar-refractivity contribution in [2.75, 3.05) is 14.2 Å². The predicted molar refractivity (Wildman–Crippen MR) is 133 cm³/mol. The van der Waals surface area contributed by atoms with E-state index >= 15 is 0 Å². The van der Waals surface area contributed by atoms with Crippen LogP contribution in [0.4, 0.5) is 0 Å². The summed E-state index contributed by atoms with van der Waals surface area (Å²) in [6, 6.07) is 13.4. The molecule has 2 heterocycles. The molecule has 0 spiro atoms. The summed E-state index contributed by atoms with van der Waals surface area (Å²) in [5.41, 5.74) is 2.31. The van der Waals surface area contributed by atoms with E-state index in [2.05, 4.69) is 0 Å². The molecular weight excluding hydrogens is 450 g/mol. The van der Waals surface area contributed by atoms with E-state index in [0.29, 0.717) is 28.5 Å². The number of thioether (sulfide) groups is 1. The first-order valence-electron chi connectivity index (χ1n) is 11.4. The Bertz CT molecular complexity index is 1390. The molecule has 34 heavy (non-hydrogen) atoms. The van der Waals surface area contributed by atoms with Crippen LogP contribution in [0.25, 0.3) is 22.4 Å². The summed E-state index contributed by atoms with van der Waals surface area (Å²) >= 11 is 1.53. The van der Waals surface area contributed by atoms with Crippen molar-refractivity contribution in [1.29, 1.82) is 0 Å². The number of fused-ring (bicyclic) bond motifs is 1. The van der Waals surface area contributed by atoms with Gasteiger partial charge < -0.3 is 13.9 Å². The van der Waals surface area contributed by atoms with Gasteiger partial charge in [-0.3, -0.25) is 9.36 Å². The average molecular weight is 478 g/mol. The number of aromatic nitrogens is 3. The summed E-state index contributed by atoms with van der Waals surface area (Å²) in [5, 5.41) is 1.40. The van der Waals surface area contributed by atoms with Crippen LogP contribution in [0.2, 0.25) is 0 Å². The Morgan fingerprint density at radius 3 is 2.62 bits per heavy atom. The second-order valence-corrected chi connectivity index (χ2v) is 9.32. The first-order valence-corrected chi connectivity index (χ1v) is 12.4. The molecule has 7 nitrogen and oxygen atoms in total. The first kappa shape index (κ1) is 22.5. The van der Waals surface area contributed by atoms with Gasteiger partial charge in [-0.25, -0.2) is 9.97 Å². The fraction of sp³-hybridized carbons (Fsp3) is 0.346. The van der Waals surface area contributed by atoms with Crippen molar-refractivity contribution >= 4 is 22.7 Å². The van der Waals surface area contributed by atoms with E-state index < -0.39 is 0 Å². The van der Waals surface area contributed by atoms with Gasteiger partial charge in [-0.15, -0.1) is 0 Å². The Hall–Kier alpha value is -3.26. The maximum Gasteiger partial charge on any atom is 0.262 e. The summed E-state index contributed by atoms with van der Waals surface area (Å²) in [7, 11) is 3.20. The predicted octanol–water partition coefficient (Wildman–Crippen LogP) is 5.78. The van der Waals surface area contributed by atoms with Crippen LogP contribution in [0.1, 0.15) is 43.2 Å². The fourth-order valence-corrected chi connectivity index (χ4v) is 5.65. The highest BCUT2D eigenvalue weighted by Gasteiger charge is 2.24. The smallest absolute Gasteiger partial charge is 0.262 e. The molecule has 0 bridgehead atoms. The fourth-order valence-electron chi connectivity index (χ4n) is 4.58. The molecular formula is C26H27N3O4S. The zero-order valence-electron chi connectivity index (χ0n) is 19.5. The monoisotopic (exact) mass is 477 g/mol. The number of rotatable bonds is 7. The van der Waals surface area contributed by atoms with E-state index in [1.54, 1.807) is 14.2 Å². The summed E-state index contributed by atoms with van der Waals surface area (Å²) in [6.45, 7) is 1.90. The van der Waals surface area contributed by atoms with E-state index in [9.17, 15) is 4.79 Å². The number of hydrogen-bond donors (Lipinski definition) is 0. The number of para-hydroxylation sites is 2. The van der Waals surface area contributed by atoms with Gasteiger partial charge >= 0.3 is 0 Å². The van der Waals surface area contributed by atoms with E-state index in [0.717, 1.165) is 53.4 Å². The van der Waals surface area contributed by atoms with Gasteiger partial charge in [0.15, 0.2) is 16.7 Å². The molecule has 1 fully saturated rings. The molecule has 0 unspecified atom stereocenters.